The van der Waals surface area contributed by atoms with Crippen LogP contribution in [0.15, 0.2) is 12.0 Å². The fourth-order valence-corrected chi connectivity index (χ4v) is 0.591. The summed E-state index contributed by atoms with van der Waals surface area (Å²) < 4.78 is 57.8. The Bertz CT molecular complexity index is 227. The normalized spacial score (nSPS) is 13.0. The third-order valence-electron chi connectivity index (χ3n) is 0.591. The zero-order valence-corrected chi connectivity index (χ0v) is 6.07. The van der Waals surface area contributed by atoms with Gasteiger partial charge in [-0.1, -0.05) is 6.58 Å². The summed E-state index contributed by atoms with van der Waals surface area (Å²) in [5.41, 5.74) is 0. The summed E-state index contributed by atoms with van der Waals surface area (Å²) in [6, 6.07) is 0. The molecule has 7 heteroatoms. The number of halogens is 3. The minimum absolute atomic E-state index is 0.304. The Morgan fingerprint density at radius 2 is 1.91 bits per heavy atom. The smallest absolute Gasteiger partial charge is 0.257 e. The van der Waals surface area contributed by atoms with E-state index in [0.29, 0.717) is 5.41 Å². The first-order chi connectivity index (χ1) is 4.77. The van der Waals surface area contributed by atoms with Crippen molar-refractivity contribution in [2.75, 3.05) is 6.61 Å². The SMILES string of the molecule is C=CS(=O)(=O)OCC(F)(F)F. The third kappa shape index (κ3) is 5.86. The van der Waals surface area contributed by atoms with Crippen molar-refractivity contribution in [1.82, 2.24) is 0 Å². The number of rotatable bonds is 3. The first-order valence-electron chi connectivity index (χ1n) is 2.35. The molecule has 0 heterocycles. The molecule has 0 amide bonds. The standard InChI is InChI=1S/C4H5F3O3S/c1-2-11(8,9)10-3-4(5,6)7/h2H,1,3H2. The van der Waals surface area contributed by atoms with E-state index < -0.39 is 22.9 Å². The lowest BCUT2D eigenvalue weighted by Crippen LogP contribution is -2.19. The van der Waals surface area contributed by atoms with Gasteiger partial charge < -0.3 is 0 Å². The molecule has 0 aromatic heterocycles. The lowest BCUT2D eigenvalue weighted by molar-refractivity contribution is -0.152. The van der Waals surface area contributed by atoms with E-state index in [0.717, 1.165) is 0 Å². The average Bonchev–Trinajstić information content (AvgIpc) is 1.83. The van der Waals surface area contributed by atoms with Crippen LogP contribution in [0.2, 0.25) is 0 Å². The lowest BCUT2D eigenvalue weighted by atomic mass is 10.7. The number of alkyl halides is 3. The molecule has 0 aromatic rings. The van der Waals surface area contributed by atoms with Gasteiger partial charge in [-0.05, 0) is 0 Å². The fraction of sp³-hybridized carbons (Fsp3) is 0.500. The Morgan fingerprint density at radius 3 is 2.18 bits per heavy atom. The van der Waals surface area contributed by atoms with Crippen molar-refractivity contribution in [2.24, 2.45) is 0 Å². The van der Waals surface area contributed by atoms with Gasteiger partial charge in [0.25, 0.3) is 10.1 Å². The molecule has 0 bridgehead atoms. The van der Waals surface area contributed by atoms with E-state index in [2.05, 4.69) is 10.8 Å². The van der Waals surface area contributed by atoms with Crippen molar-refractivity contribution in [3.8, 4) is 0 Å². The van der Waals surface area contributed by atoms with Crippen LogP contribution in [0.4, 0.5) is 13.2 Å². The fourth-order valence-electron chi connectivity index (χ4n) is 0.197. The summed E-state index contributed by atoms with van der Waals surface area (Å²) in [5.74, 6) is 0. The van der Waals surface area contributed by atoms with Crippen LogP contribution in [0.1, 0.15) is 0 Å². The van der Waals surface area contributed by atoms with Gasteiger partial charge in [0.2, 0.25) is 0 Å². The molecule has 11 heavy (non-hydrogen) atoms. The van der Waals surface area contributed by atoms with Gasteiger partial charge in [-0.25, -0.2) is 0 Å². The predicted molar refractivity (Wildman–Crippen MR) is 31.1 cm³/mol. The molecule has 0 unspecified atom stereocenters. The first kappa shape index (κ1) is 10.4. The van der Waals surface area contributed by atoms with Crippen molar-refractivity contribution in [3.63, 3.8) is 0 Å². The molecule has 0 spiro atoms. The van der Waals surface area contributed by atoms with Crippen LogP contribution < -0.4 is 0 Å². The topological polar surface area (TPSA) is 43.4 Å². The van der Waals surface area contributed by atoms with Crippen LogP contribution in [0.5, 0.6) is 0 Å². The van der Waals surface area contributed by atoms with E-state index in [-0.39, 0.29) is 0 Å². The first-order valence-corrected chi connectivity index (χ1v) is 3.82. The molecule has 0 saturated heterocycles. The molecule has 0 aliphatic rings. The summed E-state index contributed by atoms with van der Waals surface area (Å²) in [6.07, 6.45) is -4.64. The van der Waals surface area contributed by atoms with Crippen LogP contribution in [-0.2, 0) is 14.3 Å². The van der Waals surface area contributed by atoms with E-state index in [9.17, 15) is 21.6 Å². The Morgan fingerprint density at radius 1 is 1.45 bits per heavy atom. The Kier molecular flexibility index (Phi) is 3.06. The van der Waals surface area contributed by atoms with Crippen molar-refractivity contribution >= 4 is 10.1 Å². The van der Waals surface area contributed by atoms with Gasteiger partial charge >= 0.3 is 6.18 Å². The molecule has 0 fully saturated rings. The Hall–Kier alpha value is -0.560. The number of hydrogen-bond acceptors (Lipinski definition) is 3. The highest BCUT2D eigenvalue weighted by Gasteiger charge is 2.29. The quantitative estimate of drug-likeness (QED) is 0.624. The largest absolute Gasteiger partial charge is 0.413 e. The van der Waals surface area contributed by atoms with E-state index >= 15 is 0 Å². The van der Waals surface area contributed by atoms with Crippen molar-refractivity contribution < 1.29 is 25.8 Å². The molecule has 0 aliphatic carbocycles. The molecule has 0 N–H and O–H groups in total. The monoisotopic (exact) mass is 190 g/mol. The van der Waals surface area contributed by atoms with Gasteiger partial charge in [0, 0.05) is 0 Å². The maximum Gasteiger partial charge on any atom is 0.413 e. The molecule has 0 radical (unpaired) electrons. The minimum Gasteiger partial charge on any atom is -0.257 e. The van der Waals surface area contributed by atoms with Crippen LogP contribution in [0, 0.1) is 0 Å². The van der Waals surface area contributed by atoms with Gasteiger partial charge in [-0.2, -0.15) is 21.6 Å². The molecule has 66 valence electrons. The molecule has 0 rings (SSSR count). The summed E-state index contributed by atoms with van der Waals surface area (Å²) in [6.45, 7) is 0.935. The van der Waals surface area contributed by atoms with Gasteiger partial charge in [-0.3, -0.25) is 4.18 Å². The lowest BCUT2D eigenvalue weighted by Gasteiger charge is -2.04. The van der Waals surface area contributed by atoms with Crippen molar-refractivity contribution in [3.05, 3.63) is 12.0 Å². The van der Waals surface area contributed by atoms with Crippen molar-refractivity contribution in [2.45, 2.75) is 6.18 Å². The molecule has 0 aliphatic heterocycles. The zero-order valence-electron chi connectivity index (χ0n) is 5.26. The zero-order chi connectivity index (χ0) is 9.12. The summed E-state index contributed by atoms with van der Waals surface area (Å²) in [4.78, 5) is 0. The van der Waals surface area contributed by atoms with E-state index in [1.807, 2.05) is 0 Å². The van der Waals surface area contributed by atoms with E-state index in [4.69, 9.17) is 0 Å². The summed E-state index contributed by atoms with van der Waals surface area (Å²) in [7, 11) is -4.21. The van der Waals surface area contributed by atoms with Crippen LogP contribution in [0.25, 0.3) is 0 Å². The van der Waals surface area contributed by atoms with Crippen molar-refractivity contribution in [1.29, 1.82) is 0 Å². The molecule has 0 saturated carbocycles. The highest BCUT2D eigenvalue weighted by molar-refractivity contribution is 7.89. The van der Waals surface area contributed by atoms with Gasteiger partial charge in [0.05, 0.1) is 5.41 Å². The predicted octanol–water partition coefficient (Wildman–Crippen LogP) is 1.04. The van der Waals surface area contributed by atoms with E-state index in [1.54, 1.807) is 0 Å². The third-order valence-corrected chi connectivity index (χ3v) is 1.45. The molecule has 3 nitrogen and oxygen atoms in total. The number of hydrogen-bond donors (Lipinski definition) is 0. The second kappa shape index (κ2) is 3.22. The molecular weight excluding hydrogens is 185 g/mol. The minimum atomic E-state index is -4.64. The second-order valence-electron chi connectivity index (χ2n) is 1.54. The van der Waals surface area contributed by atoms with Crippen LogP contribution >= 0.6 is 0 Å². The highest BCUT2D eigenvalue weighted by atomic mass is 32.2. The summed E-state index contributed by atoms with van der Waals surface area (Å²) in [5, 5.41) is 0.304. The average molecular weight is 190 g/mol. The maximum absolute atomic E-state index is 11.3. The van der Waals surface area contributed by atoms with Gasteiger partial charge in [-0.15, -0.1) is 0 Å². The molecule has 0 aromatic carbocycles. The van der Waals surface area contributed by atoms with Crippen LogP contribution in [0.3, 0.4) is 0 Å². The van der Waals surface area contributed by atoms with Crippen LogP contribution in [-0.4, -0.2) is 21.2 Å². The maximum atomic E-state index is 11.3. The molecular formula is C4H5F3O3S. The molecule has 0 atom stereocenters. The highest BCUT2D eigenvalue weighted by Crippen LogP contribution is 2.15. The Labute approximate surface area is 61.6 Å². The van der Waals surface area contributed by atoms with Gasteiger partial charge in [0.15, 0.2) is 6.61 Å². The summed E-state index contributed by atoms with van der Waals surface area (Å²) >= 11 is 0. The Balaban J connectivity index is 4.01. The van der Waals surface area contributed by atoms with Gasteiger partial charge in [0.1, 0.15) is 0 Å². The van der Waals surface area contributed by atoms with E-state index in [1.165, 1.54) is 0 Å². The second-order valence-corrected chi connectivity index (χ2v) is 3.09.